The lowest BCUT2D eigenvalue weighted by atomic mass is 9.94. The monoisotopic (exact) mass is 265 g/mol. The van der Waals surface area contributed by atoms with Gasteiger partial charge in [0, 0.05) is 25.4 Å². The van der Waals surface area contributed by atoms with Gasteiger partial charge in [-0.2, -0.15) is 0 Å². The predicted molar refractivity (Wildman–Crippen MR) is 69.6 cm³/mol. The van der Waals surface area contributed by atoms with Crippen LogP contribution in [0.5, 0.6) is 0 Å². The third kappa shape index (κ3) is 5.94. The molecule has 1 atom stereocenters. The van der Waals surface area contributed by atoms with Crippen molar-refractivity contribution >= 4 is 11.9 Å². The number of amides is 1. The Bertz CT molecular complexity index is 420. The third-order valence-corrected chi connectivity index (χ3v) is 2.64. The summed E-state index contributed by atoms with van der Waals surface area (Å²) in [7, 11) is 0. The van der Waals surface area contributed by atoms with Gasteiger partial charge < -0.3 is 10.4 Å². The van der Waals surface area contributed by atoms with Gasteiger partial charge in [0.1, 0.15) is 6.33 Å². The van der Waals surface area contributed by atoms with Gasteiger partial charge in [-0.15, -0.1) is 0 Å². The Balaban J connectivity index is 2.51. The average Bonchev–Trinajstić information content (AvgIpc) is 2.35. The van der Waals surface area contributed by atoms with E-state index in [4.69, 9.17) is 5.11 Å². The molecule has 0 radical (unpaired) electrons. The minimum atomic E-state index is -0.844. The first-order valence-corrected chi connectivity index (χ1v) is 6.24. The maximum atomic E-state index is 11.8. The number of aromatic nitrogens is 2. The molecule has 0 bridgehead atoms. The van der Waals surface area contributed by atoms with Crippen molar-refractivity contribution in [2.45, 2.75) is 26.7 Å². The zero-order chi connectivity index (χ0) is 14.3. The lowest BCUT2D eigenvalue weighted by Gasteiger charge is -2.17. The van der Waals surface area contributed by atoms with Crippen molar-refractivity contribution in [1.82, 2.24) is 15.3 Å². The summed E-state index contributed by atoms with van der Waals surface area (Å²) < 4.78 is 0. The summed E-state index contributed by atoms with van der Waals surface area (Å²) in [6, 6.07) is 0. The van der Waals surface area contributed by atoms with Crippen LogP contribution < -0.4 is 5.32 Å². The Morgan fingerprint density at radius 2 is 1.95 bits per heavy atom. The molecule has 6 nitrogen and oxygen atoms in total. The van der Waals surface area contributed by atoms with Crippen molar-refractivity contribution in [3.05, 3.63) is 24.3 Å². The summed E-state index contributed by atoms with van der Waals surface area (Å²) in [6.45, 7) is 4.40. The second-order valence-electron chi connectivity index (χ2n) is 4.93. The molecule has 104 valence electrons. The van der Waals surface area contributed by atoms with E-state index in [0.29, 0.717) is 18.0 Å². The molecule has 0 spiro atoms. The van der Waals surface area contributed by atoms with E-state index < -0.39 is 5.97 Å². The number of aliphatic carboxylic acids is 1. The lowest BCUT2D eigenvalue weighted by Crippen LogP contribution is -2.31. The molecular weight excluding hydrogens is 246 g/mol. The number of hydrogen-bond donors (Lipinski definition) is 2. The van der Waals surface area contributed by atoms with Crippen molar-refractivity contribution in [1.29, 1.82) is 0 Å². The van der Waals surface area contributed by atoms with Crippen LogP contribution in [0.25, 0.3) is 0 Å². The average molecular weight is 265 g/mol. The molecule has 1 heterocycles. The van der Waals surface area contributed by atoms with Crippen LogP contribution in [0.2, 0.25) is 0 Å². The quantitative estimate of drug-likeness (QED) is 0.776. The fourth-order valence-electron chi connectivity index (χ4n) is 1.91. The summed E-state index contributed by atoms with van der Waals surface area (Å²) in [4.78, 5) is 30.1. The molecule has 0 aliphatic heterocycles. The van der Waals surface area contributed by atoms with Gasteiger partial charge in [-0.25, -0.2) is 9.97 Å². The molecule has 0 saturated heterocycles. The number of carbonyl (C=O) groups excluding carboxylic acids is 1. The number of nitrogens with one attached hydrogen (secondary N) is 1. The first kappa shape index (κ1) is 15.1. The molecule has 1 aromatic heterocycles. The molecule has 19 heavy (non-hydrogen) atoms. The molecule has 0 saturated carbocycles. The van der Waals surface area contributed by atoms with Crippen molar-refractivity contribution in [3.8, 4) is 0 Å². The number of carboxylic acids is 1. The maximum Gasteiger partial charge on any atom is 0.303 e. The Morgan fingerprint density at radius 1 is 1.32 bits per heavy atom. The van der Waals surface area contributed by atoms with Gasteiger partial charge in [0.15, 0.2) is 0 Å². The van der Waals surface area contributed by atoms with Crippen molar-refractivity contribution < 1.29 is 14.7 Å². The molecule has 1 amide bonds. The SMILES string of the molecule is CC(C)CC(CNC(=O)c1cncnc1)CC(=O)O. The minimum Gasteiger partial charge on any atom is -0.481 e. The largest absolute Gasteiger partial charge is 0.481 e. The molecular formula is C13H19N3O3. The number of rotatable bonds is 7. The van der Waals surface area contributed by atoms with E-state index in [0.717, 1.165) is 6.42 Å². The van der Waals surface area contributed by atoms with Gasteiger partial charge in [0.25, 0.3) is 5.91 Å². The number of carboxylic acid groups (broad SMARTS) is 1. The van der Waals surface area contributed by atoms with E-state index >= 15 is 0 Å². The highest BCUT2D eigenvalue weighted by molar-refractivity contribution is 5.93. The Hall–Kier alpha value is -1.98. The molecule has 2 N–H and O–H groups in total. The third-order valence-electron chi connectivity index (χ3n) is 2.64. The number of hydrogen-bond acceptors (Lipinski definition) is 4. The first-order valence-electron chi connectivity index (χ1n) is 6.24. The topological polar surface area (TPSA) is 92.2 Å². The highest BCUT2D eigenvalue weighted by Gasteiger charge is 2.16. The van der Waals surface area contributed by atoms with Gasteiger partial charge in [0.2, 0.25) is 0 Å². The fourth-order valence-corrected chi connectivity index (χ4v) is 1.91. The van der Waals surface area contributed by atoms with E-state index in [1.807, 2.05) is 13.8 Å². The second kappa shape index (κ2) is 7.45. The van der Waals surface area contributed by atoms with Gasteiger partial charge >= 0.3 is 5.97 Å². The van der Waals surface area contributed by atoms with E-state index in [1.54, 1.807) is 0 Å². The molecule has 0 fully saturated rings. The van der Waals surface area contributed by atoms with Crippen LogP contribution in [-0.4, -0.2) is 33.5 Å². The first-order chi connectivity index (χ1) is 8.99. The van der Waals surface area contributed by atoms with E-state index in [-0.39, 0.29) is 18.2 Å². The van der Waals surface area contributed by atoms with Crippen molar-refractivity contribution in [2.24, 2.45) is 11.8 Å². The normalized spacial score (nSPS) is 12.2. The minimum absolute atomic E-state index is 0.0593. The van der Waals surface area contributed by atoms with E-state index in [9.17, 15) is 9.59 Å². The summed E-state index contributed by atoms with van der Waals surface area (Å²) in [5.41, 5.74) is 0.376. The molecule has 0 aromatic carbocycles. The zero-order valence-electron chi connectivity index (χ0n) is 11.2. The van der Waals surface area contributed by atoms with Crippen LogP contribution in [0.1, 0.15) is 37.0 Å². The molecule has 6 heteroatoms. The van der Waals surface area contributed by atoms with Crippen LogP contribution in [0.4, 0.5) is 0 Å². The van der Waals surface area contributed by atoms with Crippen LogP contribution in [0.15, 0.2) is 18.7 Å². The summed E-state index contributed by atoms with van der Waals surface area (Å²) in [5, 5.41) is 11.6. The molecule has 0 aliphatic rings. The highest BCUT2D eigenvalue weighted by Crippen LogP contribution is 2.14. The van der Waals surface area contributed by atoms with E-state index in [2.05, 4.69) is 15.3 Å². The van der Waals surface area contributed by atoms with Crippen molar-refractivity contribution in [3.63, 3.8) is 0 Å². The summed E-state index contributed by atoms with van der Waals surface area (Å²) in [6.07, 6.45) is 5.03. The standard InChI is InChI=1S/C13H19N3O3/c1-9(2)3-10(4-12(17)18)5-16-13(19)11-6-14-8-15-7-11/h6-10H,3-5H2,1-2H3,(H,16,19)(H,17,18). The zero-order valence-corrected chi connectivity index (χ0v) is 11.2. The molecule has 0 aliphatic carbocycles. The van der Waals surface area contributed by atoms with Gasteiger partial charge in [0.05, 0.1) is 5.56 Å². The fraction of sp³-hybridized carbons (Fsp3) is 0.538. The van der Waals surface area contributed by atoms with Crippen LogP contribution in [0, 0.1) is 11.8 Å². The Labute approximate surface area is 112 Å². The smallest absolute Gasteiger partial charge is 0.303 e. The second-order valence-corrected chi connectivity index (χ2v) is 4.93. The van der Waals surface area contributed by atoms with E-state index in [1.165, 1.54) is 18.7 Å². The summed E-state index contributed by atoms with van der Waals surface area (Å²) in [5.74, 6) is -0.796. The van der Waals surface area contributed by atoms with Gasteiger partial charge in [-0.05, 0) is 18.3 Å². The van der Waals surface area contributed by atoms with Gasteiger partial charge in [-0.1, -0.05) is 13.8 Å². The Kier molecular flexibility index (Phi) is 5.92. The maximum absolute atomic E-state index is 11.8. The number of nitrogens with zero attached hydrogens (tertiary/aromatic N) is 2. The molecule has 1 unspecified atom stereocenters. The highest BCUT2D eigenvalue weighted by atomic mass is 16.4. The van der Waals surface area contributed by atoms with Crippen LogP contribution in [0.3, 0.4) is 0 Å². The Morgan fingerprint density at radius 3 is 2.47 bits per heavy atom. The van der Waals surface area contributed by atoms with Gasteiger partial charge in [-0.3, -0.25) is 9.59 Å². The van der Waals surface area contributed by atoms with Crippen LogP contribution >= 0.6 is 0 Å². The van der Waals surface area contributed by atoms with Crippen molar-refractivity contribution in [2.75, 3.05) is 6.54 Å². The summed E-state index contributed by atoms with van der Waals surface area (Å²) >= 11 is 0. The molecule has 1 rings (SSSR count). The lowest BCUT2D eigenvalue weighted by molar-refractivity contribution is -0.138. The predicted octanol–water partition coefficient (Wildman–Crippen LogP) is 1.34. The molecule has 1 aromatic rings. The number of carbonyl (C=O) groups is 2. The van der Waals surface area contributed by atoms with Crippen LogP contribution in [-0.2, 0) is 4.79 Å².